The molecule has 0 spiro atoms. The summed E-state index contributed by atoms with van der Waals surface area (Å²) in [6, 6.07) is 1.42. The maximum absolute atomic E-state index is 11.8. The highest BCUT2D eigenvalue weighted by Gasteiger charge is 2.47. The molecule has 0 aromatic carbocycles. The monoisotopic (exact) mass is 236 g/mol. The first kappa shape index (κ1) is 11.6. The smallest absolute Gasteiger partial charge is 0.351 e. The largest absolute Gasteiger partial charge is 0.453 e. The number of hydrogen-bond acceptors (Lipinski definition) is 5. The molecule has 1 aliphatic heterocycles. The molecule has 5 nitrogen and oxygen atoms in total. The minimum Gasteiger partial charge on any atom is -0.453 e. The van der Waals surface area contributed by atoms with E-state index in [1.54, 1.807) is 26.0 Å². The third-order valence-corrected chi connectivity index (χ3v) is 2.61. The van der Waals surface area contributed by atoms with Crippen LogP contribution in [0.5, 0.6) is 5.75 Å². The topological polar surface area (TPSA) is 76.7 Å². The minimum absolute atomic E-state index is 0.0684. The fourth-order valence-corrected chi connectivity index (χ4v) is 1.68. The van der Waals surface area contributed by atoms with Gasteiger partial charge in [0.05, 0.1) is 0 Å². The van der Waals surface area contributed by atoms with Crippen LogP contribution in [0.3, 0.4) is 0 Å². The molecule has 0 saturated carbocycles. The summed E-state index contributed by atoms with van der Waals surface area (Å²) in [5, 5.41) is 9.86. The Hall–Kier alpha value is -1.88. The molecule has 1 atom stereocenters. The first-order valence-electron chi connectivity index (χ1n) is 5.29. The van der Waals surface area contributed by atoms with E-state index < -0.39 is 17.2 Å². The summed E-state index contributed by atoms with van der Waals surface area (Å²) in [6.07, 6.45) is 3.32. The van der Waals surface area contributed by atoms with Crippen LogP contribution >= 0.6 is 0 Å². The van der Waals surface area contributed by atoms with E-state index in [4.69, 9.17) is 9.15 Å². The first-order valence-corrected chi connectivity index (χ1v) is 5.29. The molecular formula is C12H12O5. The molecule has 17 heavy (non-hydrogen) atoms. The van der Waals surface area contributed by atoms with E-state index in [9.17, 15) is 14.7 Å². The summed E-state index contributed by atoms with van der Waals surface area (Å²) in [5.41, 5.74) is -1.01. The van der Waals surface area contributed by atoms with Crippen LogP contribution in [0, 0.1) is 0 Å². The van der Waals surface area contributed by atoms with Crippen molar-refractivity contribution in [2.45, 2.75) is 26.1 Å². The van der Waals surface area contributed by atoms with Crippen molar-refractivity contribution in [3.63, 3.8) is 0 Å². The average Bonchev–Trinajstić information content (AvgIpc) is 2.53. The fourth-order valence-electron chi connectivity index (χ4n) is 1.68. The molecule has 0 aliphatic carbocycles. The summed E-state index contributed by atoms with van der Waals surface area (Å²) in [4.78, 5) is 23.4. The van der Waals surface area contributed by atoms with Crippen LogP contribution in [0.25, 0.3) is 6.08 Å². The molecule has 0 bridgehead atoms. The number of carbonyl (C=O) groups excluding carboxylic acids is 1. The van der Waals surface area contributed by atoms with Crippen LogP contribution in [-0.2, 0) is 0 Å². The second-order valence-corrected chi connectivity index (χ2v) is 3.74. The molecule has 0 fully saturated rings. The third-order valence-electron chi connectivity index (χ3n) is 2.61. The third kappa shape index (κ3) is 1.68. The summed E-state index contributed by atoms with van der Waals surface area (Å²) in [6.45, 7) is 3.36. The molecule has 1 aromatic rings. The average molecular weight is 236 g/mol. The maximum atomic E-state index is 11.8. The van der Waals surface area contributed by atoms with E-state index in [2.05, 4.69) is 0 Å². The quantitative estimate of drug-likeness (QED) is 0.838. The van der Waals surface area contributed by atoms with Crippen molar-refractivity contribution in [2.75, 3.05) is 0 Å². The normalized spacial score (nSPS) is 22.9. The molecule has 1 N–H and O–H groups in total. The van der Waals surface area contributed by atoms with Gasteiger partial charge in [0, 0.05) is 12.5 Å². The van der Waals surface area contributed by atoms with E-state index in [0.717, 1.165) is 0 Å². The fraction of sp³-hybridized carbons (Fsp3) is 0.333. The van der Waals surface area contributed by atoms with E-state index in [1.807, 2.05) is 0 Å². The van der Waals surface area contributed by atoms with E-state index >= 15 is 0 Å². The molecule has 5 heteroatoms. The van der Waals surface area contributed by atoms with E-state index in [-0.39, 0.29) is 23.5 Å². The number of ether oxygens (including phenoxy) is 1. The Morgan fingerprint density at radius 1 is 1.47 bits per heavy atom. The molecule has 2 heterocycles. The zero-order valence-corrected chi connectivity index (χ0v) is 9.52. The van der Waals surface area contributed by atoms with Gasteiger partial charge in [-0.3, -0.25) is 4.79 Å². The number of ketones is 1. The molecule has 90 valence electrons. The SMILES string of the molecule is C/C=C/c1cc2c(c(=O)o1)C(=O)C(O)(CC)O2. The molecule has 0 saturated heterocycles. The highest BCUT2D eigenvalue weighted by molar-refractivity contribution is 6.05. The van der Waals surface area contributed by atoms with Gasteiger partial charge in [0.15, 0.2) is 5.56 Å². The highest BCUT2D eigenvalue weighted by atomic mass is 16.6. The van der Waals surface area contributed by atoms with Gasteiger partial charge >= 0.3 is 5.63 Å². The molecule has 0 radical (unpaired) electrons. The van der Waals surface area contributed by atoms with Crippen LogP contribution in [0.4, 0.5) is 0 Å². The lowest BCUT2D eigenvalue weighted by atomic mass is 10.1. The van der Waals surface area contributed by atoms with Gasteiger partial charge in [-0.2, -0.15) is 0 Å². The Morgan fingerprint density at radius 3 is 2.76 bits per heavy atom. The number of allylic oxidation sites excluding steroid dienone is 1. The van der Waals surface area contributed by atoms with Crippen molar-refractivity contribution in [3.8, 4) is 5.75 Å². The Morgan fingerprint density at radius 2 is 2.18 bits per heavy atom. The van der Waals surface area contributed by atoms with Gasteiger partial charge < -0.3 is 14.3 Å². The lowest BCUT2D eigenvalue weighted by Crippen LogP contribution is -2.39. The zero-order chi connectivity index (χ0) is 12.6. The Labute approximate surface area is 97.3 Å². The summed E-state index contributed by atoms with van der Waals surface area (Å²) in [7, 11) is 0. The molecule has 1 aromatic heterocycles. The zero-order valence-electron chi connectivity index (χ0n) is 9.52. The minimum atomic E-state index is -1.94. The lowest BCUT2D eigenvalue weighted by molar-refractivity contribution is -0.0917. The van der Waals surface area contributed by atoms with Crippen LogP contribution in [0.1, 0.15) is 36.4 Å². The highest BCUT2D eigenvalue weighted by Crippen LogP contribution is 2.34. The second-order valence-electron chi connectivity index (χ2n) is 3.74. The number of hydrogen-bond donors (Lipinski definition) is 1. The molecule has 1 aliphatic rings. The maximum Gasteiger partial charge on any atom is 0.351 e. The van der Waals surface area contributed by atoms with Gasteiger partial charge in [-0.25, -0.2) is 4.79 Å². The van der Waals surface area contributed by atoms with Crippen molar-refractivity contribution < 1.29 is 19.1 Å². The van der Waals surface area contributed by atoms with Gasteiger partial charge in [-0.05, 0) is 13.0 Å². The molecular weight excluding hydrogens is 224 g/mol. The molecule has 0 amide bonds. The Balaban J connectivity index is 2.59. The Bertz CT molecular complexity index is 555. The predicted molar refractivity (Wildman–Crippen MR) is 59.9 cm³/mol. The van der Waals surface area contributed by atoms with Gasteiger partial charge in [0.1, 0.15) is 11.5 Å². The van der Waals surface area contributed by atoms with Gasteiger partial charge in [-0.15, -0.1) is 0 Å². The summed E-state index contributed by atoms with van der Waals surface area (Å²) < 4.78 is 10.1. The molecule has 2 rings (SSSR count). The standard InChI is InChI=1S/C12H12O5/c1-3-5-7-6-8-9(11(14)16-7)10(13)12(15,4-2)17-8/h3,5-6,15H,4H2,1-2H3/b5-3+. The van der Waals surface area contributed by atoms with Crippen LogP contribution in [0.15, 0.2) is 21.4 Å². The van der Waals surface area contributed by atoms with E-state index in [1.165, 1.54) is 6.07 Å². The number of fused-ring (bicyclic) bond motifs is 1. The molecule has 1 unspecified atom stereocenters. The predicted octanol–water partition coefficient (Wildman–Crippen LogP) is 1.35. The summed E-state index contributed by atoms with van der Waals surface area (Å²) >= 11 is 0. The van der Waals surface area contributed by atoms with Crippen molar-refractivity contribution >= 4 is 11.9 Å². The van der Waals surface area contributed by atoms with Gasteiger partial charge in [-0.1, -0.05) is 13.0 Å². The number of rotatable bonds is 2. The van der Waals surface area contributed by atoms with Crippen molar-refractivity contribution in [1.29, 1.82) is 0 Å². The van der Waals surface area contributed by atoms with E-state index in [0.29, 0.717) is 0 Å². The second kappa shape index (κ2) is 3.85. The lowest BCUT2D eigenvalue weighted by Gasteiger charge is -2.17. The number of aliphatic hydroxyl groups is 1. The van der Waals surface area contributed by atoms with Crippen LogP contribution in [-0.4, -0.2) is 16.7 Å². The van der Waals surface area contributed by atoms with Crippen molar-refractivity contribution in [2.24, 2.45) is 0 Å². The first-order chi connectivity index (χ1) is 8.01. The van der Waals surface area contributed by atoms with Crippen molar-refractivity contribution in [3.05, 3.63) is 33.9 Å². The Kier molecular flexibility index (Phi) is 2.63. The summed E-state index contributed by atoms with van der Waals surface area (Å²) in [5.74, 6) is -2.32. The van der Waals surface area contributed by atoms with Crippen LogP contribution < -0.4 is 10.4 Å². The van der Waals surface area contributed by atoms with Crippen molar-refractivity contribution in [1.82, 2.24) is 0 Å². The van der Waals surface area contributed by atoms with Gasteiger partial charge in [0.25, 0.3) is 5.79 Å². The number of carbonyl (C=O) groups is 1. The number of Topliss-reactive ketones (excluding diaryl/α,β-unsaturated/α-hetero) is 1. The van der Waals surface area contributed by atoms with Gasteiger partial charge in [0.2, 0.25) is 5.78 Å². The van der Waals surface area contributed by atoms with Crippen LogP contribution in [0.2, 0.25) is 0 Å².